The number of hydrogen-bond acceptors (Lipinski definition) is 1. The minimum Gasteiger partial charge on any atom is -0.462 e. The van der Waals surface area contributed by atoms with E-state index in [2.05, 4.69) is 133 Å². The zero-order chi connectivity index (χ0) is 29.1. The Morgan fingerprint density at radius 3 is 2.40 bits per heavy atom. The van der Waals surface area contributed by atoms with E-state index in [-0.39, 0.29) is 0 Å². The van der Waals surface area contributed by atoms with Crippen LogP contribution in [0, 0.1) is 0 Å². The first-order chi connectivity index (χ1) is 20.6. The van der Waals surface area contributed by atoms with Crippen LogP contribution in [0.15, 0.2) is 151 Å². The van der Waals surface area contributed by atoms with Crippen molar-refractivity contribution in [3.8, 4) is 16.9 Å². The fourth-order valence-corrected chi connectivity index (χ4v) is 6.00. The number of para-hydroxylation sites is 1. The van der Waals surface area contributed by atoms with E-state index in [1.165, 1.54) is 32.9 Å². The van der Waals surface area contributed by atoms with Gasteiger partial charge in [0.05, 0.1) is 11.0 Å². The first kappa shape index (κ1) is 27.1. The molecule has 0 radical (unpaired) electrons. The molecular weight excluding hydrogens is 510 g/mol. The fourth-order valence-electron chi connectivity index (χ4n) is 6.00. The highest BCUT2D eigenvalue weighted by atomic mass is 16.5. The second-order valence-corrected chi connectivity index (χ2v) is 10.5. The standard InChI is InChI=1S/C40H35NO/c1-5-7-9-16-28(3)32(6-2)34-21-15-24-39-35(34)26-25-31(27-29(4)42-39)41-37-22-13-12-19-36(37)40-33(20-14-23-38(40)41)30-17-10-8-11-18-30/h5-25,27H,3,26H2,1-2,4H3/b7-5-,16-9-,29-27+,31-25+,32-6+. The molecule has 1 aliphatic rings. The summed E-state index contributed by atoms with van der Waals surface area (Å²) in [5.41, 5.74) is 10.3. The molecule has 2 heteroatoms. The molecule has 0 spiro atoms. The zero-order valence-electron chi connectivity index (χ0n) is 24.5. The van der Waals surface area contributed by atoms with Gasteiger partial charge >= 0.3 is 0 Å². The van der Waals surface area contributed by atoms with Crippen molar-refractivity contribution in [3.63, 3.8) is 0 Å². The van der Waals surface area contributed by atoms with E-state index in [9.17, 15) is 0 Å². The van der Waals surface area contributed by atoms with E-state index in [1.54, 1.807) is 0 Å². The summed E-state index contributed by atoms with van der Waals surface area (Å²) in [6.45, 7) is 10.5. The molecular formula is C40H35NO. The van der Waals surface area contributed by atoms with Crippen molar-refractivity contribution in [1.82, 2.24) is 4.57 Å². The summed E-state index contributed by atoms with van der Waals surface area (Å²) < 4.78 is 8.90. The van der Waals surface area contributed by atoms with Gasteiger partial charge in [0, 0.05) is 22.0 Å². The summed E-state index contributed by atoms with van der Waals surface area (Å²) in [5, 5.41) is 2.50. The first-order valence-corrected chi connectivity index (χ1v) is 14.5. The Bertz CT molecular complexity index is 1960. The van der Waals surface area contributed by atoms with E-state index in [4.69, 9.17) is 4.74 Å². The lowest BCUT2D eigenvalue weighted by Crippen LogP contribution is -2.05. The second kappa shape index (κ2) is 11.8. The van der Waals surface area contributed by atoms with Gasteiger partial charge in [0.2, 0.25) is 0 Å². The summed E-state index contributed by atoms with van der Waals surface area (Å²) in [4.78, 5) is 0. The van der Waals surface area contributed by atoms with Gasteiger partial charge in [0.1, 0.15) is 11.5 Å². The number of allylic oxidation sites excluding steroid dienone is 11. The van der Waals surface area contributed by atoms with Gasteiger partial charge in [-0.1, -0.05) is 116 Å². The molecule has 0 saturated heterocycles. The van der Waals surface area contributed by atoms with Crippen molar-refractivity contribution >= 4 is 33.1 Å². The van der Waals surface area contributed by atoms with E-state index in [0.29, 0.717) is 0 Å². The van der Waals surface area contributed by atoms with Crippen molar-refractivity contribution in [1.29, 1.82) is 0 Å². The SMILES string of the molecule is C=C(/C=C\C=C/C)/C(=C\C)c1cccc2c1C/C=C(n1c3ccccc3c3c(-c4ccccc4)cccc31)\C=C(/C)O2. The molecule has 1 aromatic heterocycles. The quantitative estimate of drug-likeness (QED) is 0.194. The maximum Gasteiger partial charge on any atom is 0.131 e. The number of hydrogen-bond donors (Lipinski definition) is 0. The summed E-state index contributed by atoms with van der Waals surface area (Å²) in [6.07, 6.45) is 15.5. The monoisotopic (exact) mass is 545 g/mol. The largest absolute Gasteiger partial charge is 0.462 e. The predicted octanol–water partition coefficient (Wildman–Crippen LogP) is 10.9. The molecule has 0 saturated carbocycles. The molecule has 2 heterocycles. The zero-order valence-corrected chi connectivity index (χ0v) is 24.5. The molecule has 2 nitrogen and oxygen atoms in total. The molecule has 4 aromatic carbocycles. The minimum absolute atomic E-state index is 0.722. The Morgan fingerprint density at radius 1 is 0.833 bits per heavy atom. The average Bonchev–Trinajstić information content (AvgIpc) is 3.34. The highest BCUT2D eigenvalue weighted by molar-refractivity contribution is 6.16. The number of rotatable bonds is 6. The van der Waals surface area contributed by atoms with Crippen LogP contribution >= 0.6 is 0 Å². The molecule has 6 rings (SSSR count). The van der Waals surface area contributed by atoms with Gasteiger partial charge in [-0.25, -0.2) is 0 Å². The van der Waals surface area contributed by atoms with Crippen LogP contribution in [0.1, 0.15) is 31.9 Å². The number of ether oxygens (including phenoxy) is 1. The molecule has 0 unspecified atom stereocenters. The molecule has 0 fully saturated rings. The van der Waals surface area contributed by atoms with E-state index >= 15 is 0 Å². The molecule has 206 valence electrons. The highest BCUT2D eigenvalue weighted by Gasteiger charge is 2.20. The molecule has 42 heavy (non-hydrogen) atoms. The van der Waals surface area contributed by atoms with E-state index in [1.807, 2.05) is 32.1 Å². The van der Waals surface area contributed by atoms with Crippen LogP contribution < -0.4 is 4.74 Å². The van der Waals surface area contributed by atoms with Crippen LogP contribution in [0.3, 0.4) is 0 Å². The summed E-state index contributed by atoms with van der Waals surface area (Å²) in [7, 11) is 0. The average molecular weight is 546 g/mol. The van der Waals surface area contributed by atoms with E-state index in [0.717, 1.165) is 45.9 Å². The number of nitrogens with zero attached hydrogens (tertiary/aromatic N) is 1. The van der Waals surface area contributed by atoms with Gasteiger partial charge in [-0.15, -0.1) is 0 Å². The third-order valence-corrected chi connectivity index (χ3v) is 7.84. The van der Waals surface area contributed by atoms with Crippen molar-refractivity contribution < 1.29 is 4.74 Å². The highest BCUT2D eigenvalue weighted by Crippen LogP contribution is 2.40. The molecule has 1 aliphatic heterocycles. The van der Waals surface area contributed by atoms with Gasteiger partial charge in [-0.05, 0) is 79.3 Å². The lowest BCUT2D eigenvalue weighted by molar-refractivity contribution is 0.423. The lowest BCUT2D eigenvalue weighted by atomic mass is 9.91. The minimum atomic E-state index is 0.722. The maximum absolute atomic E-state index is 6.52. The number of aromatic nitrogens is 1. The molecule has 0 amide bonds. The van der Waals surface area contributed by atoms with Crippen LogP contribution in [0.2, 0.25) is 0 Å². The maximum atomic E-state index is 6.52. The van der Waals surface area contributed by atoms with Crippen molar-refractivity contribution in [2.45, 2.75) is 27.2 Å². The van der Waals surface area contributed by atoms with E-state index < -0.39 is 0 Å². The van der Waals surface area contributed by atoms with Crippen LogP contribution in [0.5, 0.6) is 5.75 Å². The molecule has 0 aliphatic carbocycles. The lowest BCUT2D eigenvalue weighted by Gasteiger charge is -2.20. The van der Waals surface area contributed by atoms with Crippen LogP contribution in [-0.4, -0.2) is 4.57 Å². The van der Waals surface area contributed by atoms with Gasteiger partial charge in [0.25, 0.3) is 0 Å². The first-order valence-electron chi connectivity index (χ1n) is 14.5. The molecule has 0 atom stereocenters. The summed E-state index contributed by atoms with van der Waals surface area (Å²) in [6, 6.07) is 32.3. The van der Waals surface area contributed by atoms with Crippen molar-refractivity contribution in [2.75, 3.05) is 0 Å². The molecule has 5 aromatic rings. The molecule has 0 N–H and O–H groups in total. The normalized spacial score (nSPS) is 16.5. The summed E-state index contributed by atoms with van der Waals surface area (Å²) >= 11 is 0. The Labute approximate surface area is 248 Å². The van der Waals surface area contributed by atoms with Gasteiger partial charge in [-0.2, -0.15) is 0 Å². The third kappa shape index (κ3) is 4.97. The van der Waals surface area contributed by atoms with Gasteiger partial charge in [0.15, 0.2) is 0 Å². The van der Waals surface area contributed by atoms with Crippen molar-refractivity contribution in [3.05, 3.63) is 163 Å². The predicted molar refractivity (Wildman–Crippen MR) is 180 cm³/mol. The van der Waals surface area contributed by atoms with Crippen LogP contribution in [0.4, 0.5) is 0 Å². The third-order valence-electron chi connectivity index (χ3n) is 7.84. The Hall–Kier alpha value is -5.08. The Morgan fingerprint density at radius 2 is 1.60 bits per heavy atom. The topological polar surface area (TPSA) is 14.2 Å². The Balaban J connectivity index is 1.53. The smallest absolute Gasteiger partial charge is 0.131 e. The number of fused-ring (bicyclic) bond motifs is 4. The van der Waals surface area contributed by atoms with Gasteiger partial charge in [-0.3, -0.25) is 0 Å². The number of benzene rings is 4. The van der Waals surface area contributed by atoms with Crippen molar-refractivity contribution in [2.24, 2.45) is 0 Å². The van der Waals surface area contributed by atoms with Crippen LogP contribution in [-0.2, 0) is 6.42 Å². The Kier molecular flexibility index (Phi) is 7.62. The second-order valence-electron chi connectivity index (χ2n) is 10.5. The van der Waals surface area contributed by atoms with Gasteiger partial charge < -0.3 is 9.30 Å². The molecule has 0 bridgehead atoms. The van der Waals surface area contributed by atoms with Crippen LogP contribution in [0.25, 0.3) is 44.2 Å². The fraction of sp³-hybridized carbons (Fsp3) is 0.100. The summed E-state index contributed by atoms with van der Waals surface area (Å²) in [5.74, 6) is 1.73.